The lowest BCUT2D eigenvalue weighted by molar-refractivity contribution is -0.140. The molecule has 0 fully saturated rings. The molecule has 0 aromatic heterocycles. The zero-order chi connectivity index (χ0) is 12.0. The van der Waals surface area contributed by atoms with Crippen LogP contribution in [0.4, 0.5) is 0 Å². The first-order valence-corrected chi connectivity index (χ1v) is 5.01. The van der Waals surface area contributed by atoms with E-state index in [1.807, 2.05) is 12.1 Å². The first-order chi connectivity index (χ1) is 7.65. The highest BCUT2D eigenvalue weighted by Gasteiger charge is 2.02. The summed E-state index contributed by atoms with van der Waals surface area (Å²) in [5.74, 6) is 1.20. The Morgan fingerprint density at radius 2 is 1.69 bits per heavy atom. The van der Waals surface area contributed by atoms with Crippen LogP contribution in [0.1, 0.15) is 12.5 Å². The third-order valence-electron chi connectivity index (χ3n) is 2.11. The summed E-state index contributed by atoms with van der Waals surface area (Å²) in [6.07, 6.45) is 0.646. The van der Waals surface area contributed by atoms with Crippen molar-refractivity contribution in [1.82, 2.24) is 0 Å². The van der Waals surface area contributed by atoms with E-state index in [0.29, 0.717) is 13.0 Å². The van der Waals surface area contributed by atoms with Crippen LogP contribution in [-0.2, 0) is 16.0 Å². The lowest BCUT2D eigenvalue weighted by Gasteiger charge is -2.08. The van der Waals surface area contributed by atoms with Crippen LogP contribution >= 0.6 is 0 Å². The summed E-state index contributed by atoms with van der Waals surface area (Å²) in [5.41, 5.74) is 1.01. The molecule has 1 aromatic rings. The maximum atomic E-state index is 10.6. The SMILES string of the molecule is COc1cc(CCOC(C)=O)cc(OC)c1. The maximum Gasteiger partial charge on any atom is 0.302 e. The largest absolute Gasteiger partial charge is 0.497 e. The molecule has 16 heavy (non-hydrogen) atoms. The van der Waals surface area contributed by atoms with E-state index in [4.69, 9.17) is 14.2 Å². The molecule has 0 amide bonds. The van der Waals surface area contributed by atoms with Crippen molar-refractivity contribution < 1.29 is 19.0 Å². The molecule has 1 aromatic carbocycles. The normalized spacial score (nSPS) is 9.69. The van der Waals surface area contributed by atoms with E-state index in [2.05, 4.69) is 0 Å². The summed E-state index contributed by atoms with van der Waals surface area (Å²) >= 11 is 0. The van der Waals surface area contributed by atoms with Gasteiger partial charge in [0.2, 0.25) is 0 Å². The molecule has 0 bridgehead atoms. The van der Waals surface area contributed by atoms with Gasteiger partial charge in [-0.3, -0.25) is 4.79 Å². The molecule has 0 saturated heterocycles. The highest BCUT2D eigenvalue weighted by atomic mass is 16.5. The summed E-state index contributed by atoms with van der Waals surface area (Å²) in [5, 5.41) is 0. The predicted molar refractivity (Wildman–Crippen MR) is 59.9 cm³/mol. The van der Waals surface area contributed by atoms with Crippen LogP contribution in [0, 0.1) is 0 Å². The van der Waals surface area contributed by atoms with Crippen LogP contribution < -0.4 is 9.47 Å². The number of esters is 1. The summed E-state index contributed by atoms with van der Waals surface area (Å²) < 4.78 is 15.1. The summed E-state index contributed by atoms with van der Waals surface area (Å²) in [6, 6.07) is 5.59. The molecule has 4 heteroatoms. The van der Waals surface area contributed by atoms with Gasteiger partial charge in [0.05, 0.1) is 20.8 Å². The number of hydrogen-bond donors (Lipinski definition) is 0. The van der Waals surface area contributed by atoms with Gasteiger partial charge in [-0.25, -0.2) is 0 Å². The van der Waals surface area contributed by atoms with Crippen molar-refractivity contribution >= 4 is 5.97 Å². The zero-order valence-electron chi connectivity index (χ0n) is 9.78. The smallest absolute Gasteiger partial charge is 0.302 e. The molecule has 0 saturated carbocycles. The van der Waals surface area contributed by atoms with Crippen molar-refractivity contribution in [3.63, 3.8) is 0 Å². The van der Waals surface area contributed by atoms with Gasteiger partial charge < -0.3 is 14.2 Å². The van der Waals surface area contributed by atoms with Crippen LogP contribution in [0.3, 0.4) is 0 Å². The van der Waals surface area contributed by atoms with Gasteiger partial charge >= 0.3 is 5.97 Å². The fourth-order valence-electron chi connectivity index (χ4n) is 1.32. The molecule has 0 heterocycles. The Kier molecular flexibility index (Phi) is 4.64. The van der Waals surface area contributed by atoms with Crippen molar-refractivity contribution in [2.24, 2.45) is 0 Å². The Morgan fingerprint density at radius 1 is 1.12 bits per heavy atom. The number of rotatable bonds is 5. The van der Waals surface area contributed by atoms with E-state index in [1.54, 1.807) is 20.3 Å². The number of hydrogen-bond acceptors (Lipinski definition) is 4. The van der Waals surface area contributed by atoms with Crippen molar-refractivity contribution in [3.05, 3.63) is 23.8 Å². The molecule has 1 rings (SSSR count). The second-order valence-electron chi connectivity index (χ2n) is 3.31. The van der Waals surface area contributed by atoms with Gasteiger partial charge in [-0.1, -0.05) is 0 Å². The molecule has 0 spiro atoms. The lowest BCUT2D eigenvalue weighted by Crippen LogP contribution is -2.03. The maximum absolute atomic E-state index is 10.6. The lowest BCUT2D eigenvalue weighted by atomic mass is 10.1. The standard InChI is InChI=1S/C12H16O4/c1-9(13)16-5-4-10-6-11(14-2)8-12(7-10)15-3/h6-8H,4-5H2,1-3H3. The van der Waals surface area contributed by atoms with Crippen LogP contribution in [0.25, 0.3) is 0 Å². The number of ether oxygens (including phenoxy) is 3. The van der Waals surface area contributed by atoms with E-state index in [9.17, 15) is 4.79 Å². The molecule has 4 nitrogen and oxygen atoms in total. The van der Waals surface area contributed by atoms with E-state index < -0.39 is 0 Å². The Bertz CT molecular complexity index is 338. The molecular formula is C12H16O4. The second kappa shape index (κ2) is 6.00. The third kappa shape index (κ3) is 3.81. The van der Waals surface area contributed by atoms with Gasteiger partial charge in [0.25, 0.3) is 0 Å². The fraction of sp³-hybridized carbons (Fsp3) is 0.417. The molecule has 0 atom stereocenters. The minimum atomic E-state index is -0.269. The van der Waals surface area contributed by atoms with Gasteiger partial charge in [0.1, 0.15) is 11.5 Å². The molecular weight excluding hydrogens is 208 g/mol. The van der Waals surface area contributed by atoms with E-state index in [1.165, 1.54) is 6.92 Å². The zero-order valence-corrected chi connectivity index (χ0v) is 9.78. The van der Waals surface area contributed by atoms with Crippen molar-refractivity contribution in [2.45, 2.75) is 13.3 Å². The molecule has 0 radical (unpaired) electrons. The number of carbonyl (C=O) groups excluding carboxylic acids is 1. The molecule has 0 N–H and O–H groups in total. The number of benzene rings is 1. The Morgan fingerprint density at radius 3 is 2.12 bits per heavy atom. The first-order valence-electron chi connectivity index (χ1n) is 5.01. The topological polar surface area (TPSA) is 44.8 Å². The summed E-state index contributed by atoms with van der Waals surface area (Å²) in [4.78, 5) is 10.6. The van der Waals surface area contributed by atoms with Gasteiger partial charge in [0.15, 0.2) is 0 Å². The second-order valence-corrected chi connectivity index (χ2v) is 3.31. The van der Waals surface area contributed by atoms with Gasteiger partial charge in [-0.2, -0.15) is 0 Å². The van der Waals surface area contributed by atoms with Crippen molar-refractivity contribution in [2.75, 3.05) is 20.8 Å². The van der Waals surface area contributed by atoms with E-state index >= 15 is 0 Å². The summed E-state index contributed by atoms with van der Waals surface area (Å²) in [7, 11) is 3.20. The monoisotopic (exact) mass is 224 g/mol. The number of methoxy groups -OCH3 is 2. The van der Waals surface area contributed by atoms with Crippen LogP contribution in [0.5, 0.6) is 11.5 Å². The van der Waals surface area contributed by atoms with Crippen molar-refractivity contribution in [3.8, 4) is 11.5 Å². The predicted octanol–water partition coefficient (Wildman–Crippen LogP) is 1.81. The molecule has 0 aliphatic rings. The first kappa shape index (κ1) is 12.4. The van der Waals surface area contributed by atoms with Crippen LogP contribution in [0.15, 0.2) is 18.2 Å². The summed E-state index contributed by atoms with van der Waals surface area (Å²) in [6.45, 7) is 1.76. The molecule has 0 unspecified atom stereocenters. The average molecular weight is 224 g/mol. The third-order valence-corrected chi connectivity index (χ3v) is 2.11. The van der Waals surface area contributed by atoms with E-state index in [0.717, 1.165) is 17.1 Å². The average Bonchev–Trinajstić information content (AvgIpc) is 2.28. The van der Waals surface area contributed by atoms with Crippen LogP contribution in [0.2, 0.25) is 0 Å². The van der Waals surface area contributed by atoms with Crippen LogP contribution in [-0.4, -0.2) is 26.8 Å². The number of carbonyl (C=O) groups is 1. The van der Waals surface area contributed by atoms with Crippen molar-refractivity contribution in [1.29, 1.82) is 0 Å². The Balaban J connectivity index is 2.67. The fourth-order valence-corrected chi connectivity index (χ4v) is 1.32. The quantitative estimate of drug-likeness (QED) is 0.715. The molecule has 0 aliphatic carbocycles. The minimum Gasteiger partial charge on any atom is -0.497 e. The highest BCUT2D eigenvalue weighted by molar-refractivity contribution is 5.65. The molecule has 88 valence electrons. The molecule has 0 aliphatic heterocycles. The Hall–Kier alpha value is -1.71. The Labute approximate surface area is 95.1 Å². The van der Waals surface area contributed by atoms with Gasteiger partial charge in [-0.15, -0.1) is 0 Å². The van der Waals surface area contributed by atoms with E-state index in [-0.39, 0.29) is 5.97 Å². The van der Waals surface area contributed by atoms with Gasteiger partial charge in [0, 0.05) is 19.4 Å². The minimum absolute atomic E-state index is 0.269. The van der Waals surface area contributed by atoms with Gasteiger partial charge in [-0.05, 0) is 17.7 Å². The highest BCUT2D eigenvalue weighted by Crippen LogP contribution is 2.22.